The van der Waals surface area contributed by atoms with E-state index in [0.717, 1.165) is 11.3 Å². The lowest BCUT2D eigenvalue weighted by atomic mass is 10.1. The van der Waals surface area contributed by atoms with Gasteiger partial charge < -0.3 is 14.5 Å². The topological polar surface area (TPSA) is 51.3 Å². The molecule has 0 bridgehead atoms. The molecule has 1 aromatic heterocycles. The molecule has 1 N–H and O–H groups in total. The summed E-state index contributed by atoms with van der Waals surface area (Å²) < 4.78 is 10.4. The number of aromatic amines is 1. The Kier molecular flexibility index (Phi) is 4.15. The number of H-pyrrole nitrogens is 1. The Morgan fingerprint density at radius 3 is 2.56 bits per heavy atom. The molecule has 4 heteroatoms. The van der Waals surface area contributed by atoms with Crippen LogP contribution in [0.3, 0.4) is 0 Å². The summed E-state index contributed by atoms with van der Waals surface area (Å²) in [6.45, 7) is 1.07. The molecule has 94 valence electrons. The number of ether oxygens (including phenoxy) is 2. The van der Waals surface area contributed by atoms with Crippen LogP contribution in [0.5, 0.6) is 5.75 Å². The highest BCUT2D eigenvalue weighted by atomic mass is 16.5. The zero-order valence-corrected chi connectivity index (χ0v) is 10.2. The van der Waals surface area contributed by atoms with Crippen LogP contribution in [0.2, 0.25) is 0 Å². The predicted octanol–water partition coefficient (Wildman–Crippen LogP) is 2.07. The van der Waals surface area contributed by atoms with Gasteiger partial charge in [-0.2, -0.15) is 0 Å². The summed E-state index contributed by atoms with van der Waals surface area (Å²) >= 11 is 0. The quantitative estimate of drug-likeness (QED) is 0.820. The summed E-state index contributed by atoms with van der Waals surface area (Å²) in [5.74, 6) is 0.767. The van der Waals surface area contributed by atoms with Crippen LogP contribution in [0, 0.1) is 0 Å². The van der Waals surface area contributed by atoms with E-state index in [0.29, 0.717) is 18.8 Å². The molecule has 4 nitrogen and oxygen atoms in total. The van der Waals surface area contributed by atoms with Gasteiger partial charge in [-0.05, 0) is 29.8 Å². The normalized spacial score (nSPS) is 10.3. The van der Waals surface area contributed by atoms with Crippen molar-refractivity contribution in [3.8, 4) is 16.9 Å². The van der Waals surface area contributed by atoms with Gasteiger partial charge in [0.25, 0.3) is 5.56 Å². The average Bonchev–Trinajstić information content (AvgIpc) is 2.41. The summed E-state index contributed by atoms with van der Waals surface area (Å²) in [7, 11) is 1.63. The van der Waals surface area contributed by atoms with E-state index in [-0.39, 0.29) is 5.56 Å². The van der Waals surface area contributed by atoms with Gasteiger partial charge >= 0.3 is 0 Å². The first-order valence-electron chi connectivity index (χ1n) is 5.71. The number of methoxy groups -OCH3 is 1. The molecule has 1 aromatic carbocycles. The monoisotopic (exact) mass is 245 g/mol. The van der Waals surface area contributed by atoms with Crippen molar-refractivity contribution in [2.24, 2.45) is 0 Å². The highest BCUT2D eigenvalue weighted by molar-refractivity contribution is 5.62. The van der Waals surface area contributed by atoms with Crippen molar-refractivity contribution in [3.63, 3.8) is 0 Å². The molecule has 0 spiro atoms. The zero-order chi connectivity index (χ0) is 12.8. The maximum absolute atomic E-state index is 11.6. The largest absolute Gasteiger partial charge is 0.491 e. The van der Waals surface area contributed by atoms with Crippen molar-refractivity contribution in [2.45, 2.75) is 0 Å². The number of rotatable bonds is 5. The number of nitrogens with one attached hydrogen (secondary N) is 1. The Morgan fingerprint density at radius 2 is 1.89 bits per heavy atom. The van der Waals surface area contributed by atoms with E-state index in [1.165, 1.54) is 0 Å². The molecular weight excluding hydrogens is 230 g/mol. The number of hydrogen-bond acceptors (Lipinski definition) is 3. The molecule has 0 saturated carbocycles. The van der Waals surface area contributed by atoms with Gasteiger partial charge in [-0.25, -0.2) is 0 Å². The fourth-order valence-corrected chi connectivity index (χ4v) is 1.62. The van der Waals surface area contributed by atoms with Gasteiger partial charge in [-0.1, -0.05) is 12.1 Å². The standard InChI is InChI=1S/C14H15NO3/c1-17-9-10-18-12-6-4-11(5-7-12)13-3-2-8-15-14(13)16/h2-8H,9-10H2,1H3,(H,15,16). The van der Waals surface area contributed by atoms with E-state index in [4.69, 9.17) is 9.47 Å². The van der Waals surface area contributed by atoms with Gasteiger partial charge in [0.15, 0.2) is 0 Å². The van der Waals surface area contributed by atoms with Gasteiger partial charge in [-0.15, -0.1) is 0 Å². The first kappa shape index (κ1) is 12.4. The van der Waals surface area contributed by atoms with Crippen LogP contribution < -0.4 is 10.3 Å². The Balaban J connectivity index is 2.13. The molecule has 2 rings (SSSR count). The molecule has 0 aliphatic carbocycles. The Bertz CT molecular complexity index is 545. The van der Waals surface area contributed by atoms with Gasteiger partial charge in [0, 0.05) is 18.9 Å². The molecule has 1 heterocycles. The molecular formula is C14H15NO3. The third-order valence-corrected chi connectivity index (χ3v) is 2.54. The van der Waals surface area contributed by atoms with Crippen LogP contribution in [0.15, 0.2) is 47.4 Å². The summed E-state index contributed by atoms with van der Waals surface area (Å²) in [6, 6.07) is 11.0. The lowest BCUT2D eigenvalue weighted by Gasteiger charge is -2.06. The average molecular weight is 245 g/mol. The van der Waals surface area contributed by atoms with Gasteiger partial charge in [0.2, 0.25) is 0 Å². The maximum atomic E-state index is 11.6. The van der Waals surface area contributed by atoms with E-state index < -0.39 is 0 Å². The van der Waals surface area contributed by atoms with Crippen LogP contribution in [0.25, 0.3) is 11.1 Å². The van der Waals surface area contributed by atoms with Gasteiger partial charge in [0.1, 0.15) is 12.4 Å². The van der Waals surface area contributed by atoms with Gasteiger partial charge in [0.05, 0.1) is 6.61 Å². The minimum Gasteiger partial charge on any atom is -0.491 e. The van der Waals surface area contributed by atoms with E-state index in [9.17, 15) is 4.79 Å². The number of pyridine rings is 1. The third-order valence-electron chi connectivity index (χ3n) is 2.54. The molecule has 0 amide bonds. The Morgan fingerprint density at radius 1 is 1.11 bits per heavy atom. The van der Waals surface area contributed by atoms with Crippen molar-refractivity contribution >= 4 is 0 Å². The molecule has 18 heavy (non-hydrogen) atoms. The molecule has 0 atom stereocenters. The highest BCUT2D eigenvalue weighted by Crippen LogP contribution is 2.19. The lowest BCUT2D eigenvalue weighted by Crippen LogP contribution is -2.07. The van der Waals surface area contributed by atoms with Crippen molar-refractivity contribution < 1.29 is 9.47 Å². The Hall–Kier alpha value is -2.07. The molecule has 2 aromatic rings. The minimum atomic E-state index is -0.0921. The second-order valence-electron chi connectivity index (χ2n) is 3.78. The smallest absolute Gasteiger partial charge is 0.255 e. The van der Waals surface area contributed by atoms with Crippen molar-refractivity contribution in [3.05, 3.63) is 52.9 Å². The fourth-order valence-electron chi connectivity index (χ4n) is 1.62. The van der Waals surface area contributed by atoms with E-state index in [1.54, 1.807) is 25.4 Å². The van der Waals surface area contributed by atoms with Crippen molar-refractivity contribution in [1.29, 1.82) is 0 Å². The number of aromatic nitrogens is 1. The van der Waals surface area contributed by atoms with E-state index in [1.807, 2.05) is 24.3 Å². The van der Waals surface area contributed by atoms with Crippen molar-refractivity contribution in [2.75, 3.05) is 20.3 Å². The molecule has 0 radical (unpaired) electrons. The first-order valence-corrected chi connectivity index (χ1v) is 5.71. The summed E-state index contributed by atoms with van der Waals surface area (Å²) in [6.07, 6.45) is 1.62. The second-order valence-corrected chi connectivity index (χ2v) is 3.78. The van der Waals surface area contributed by atoms with Crippen LogP contribution >= 0.6 is 0 Å². The number of hydrogen-bond donors (Lipinski definition) is 1. The minimum absolute atomic E-state index is 0.0921. The fraction of sp³-hybridized carbons (Fsp3) is 0.214. The highest BCUT2D eigenvalue weighted by Gasteiger charge is 2.02. The molecule has 0 saturated heterocycles. The molecule has 0 aliphatic heterocycles. The first-order chi connectivity index (χ1) is 8.81. The third kappa shape index (κ3) is 2.99. The lowest BCUT2D eigenvalue weighted by molar-refractivity contribution is 0.146. The van der Waals surface area contributed by atoms with Gasteiger partial charge in [-0.3, -0.25) is 4.79 Å². The molecule has 0 unspecified atom stereocenters. The van der Waals surface area contributed by atoms with E-state index >= 15 is 0 Å². The Labute approximate surface area is 105 Å². The van der Waals surface area contributed by atoms with Crippen molar-refractivity contribution in [1.82, 2.24) is 4.98 Å². The summed E-state index contributed by atoms with van der Waals surface area (Å²) in [5.41, 5.74) is 1.43. The number of benzene rings is 1. The van der Waals surface area contributed by atoms with Crippen LogP contribution in [-0.4, -0.2) is 25.3 Å². The van der Waals surface area contributed by atoms with Crippen LogP contribution in [0.4, 0.5) is 0 Å². The zero-order valence-electron chi connectivity index (χ0n) is 10.2. The molecule has 0 aliphatic rings. The predicted molar refractivity (Wildman–Crippen MR) is 69.9 cm³/mol. The van der Waals surface area contributed by atoms with E-state index in [2.05, 4.69) is 4.98 Å². The van der Waals surface area contributed by atoms with Crippen LogP contribution in [0.1, 0.15) is 0 Å². The SMILES string of the molecule is COCCOc1ccc(-c2ccc[nH]c2=O)cc1. The summed E-state index contributed by atoms with van der Waals surface area (Å²) in [4.78, 5) is 14.3. The molecule has 0 fully saturated rings. The summed E-state index contributed by atoms with van der Waals surface area (Å²) in [5, 5.41) is 0. The maximum Gasteiger partial charge on any atom is 0.255 e. The van der Waals surface area contributed by atoms with Crippen LogP contribution in [-0.2, 0) is 4.74 Å². The second kappa shape index (κ2) is 6.02.